The molecule has 5 rings (SSSR count). The Balaban J connectivity index is 1.21. The molecule has 204 valence electrons. The molecular weight excluding hydrogens is 505 g/mol. The van der Waals surface area contributed by atoms with E-state index in [1.165, 1.54) is 22.2 Å². The van der Waals surface area contributed by atoms with Gasteiger partial charge in [0.2, 0.25) is 0 Å². The summed E-state index contributed by atoms with van der Waals surface area (Å²) in [5.74, 6) is 0.942. The molecule has 0 radical (unpaired) electrons. The minimum atomic E-state index is -4.56. The van der Waals surface area contributed by atoms with Gasteiger partial charge in [0, 0.05) is 31.5 Å². The minimum Gasteiger partial charge on any atom is -0.497 e. The fourth-order valence-electron chi connectivity index (χ4n) is 5.26. The Morgan fingerprint density at radius 2 is 1.74 bits per heavy atom. The molecular formula is C30H31F3N4O2. The van der Waals surface area contributed by atoms with Crippen LogP contribution in [0.25, 0.3) is 5.65 Å². The molecule has 2 aromatic carbocycles. The molecule has 0 aliphatic carbocycles. The van der Waals surface area contributed by atoms with Crippen molar-refractivity contribution < 1.29 is 22.7 Å². The van der Waals surface area contributed by atoms with Crippen molar-refractivity contribution in [2.75, 3.05) is 25.1 Å². The second kappa shape index (κ2) is 11.0. The van der Waals surface area contributed by atoms with Crippen LogP contribution in [-0.4, -0.2) is 35.5 Å². The number of pyridine rings is 1. The molecule has 4 aromatic rings. The SMILES string of the molecule is CCc1nc2c(C(F)(F)F)cccn2c1C(=O)NCc1ccc(N2CCC(c3ccc(OC)cc3)CC2)cc1. The third-order valence-electron chi connectivity index (χ3n) is 7.41. The van der Waals surface area contributed by atoms with Gasteiger partial charge in [0.15, 0.2) is 0 Å². The Morgan fingerprint density at radius 3 is 2.36 bits per heavy atom. The van der Waals surface area contributed by atoms with Gasteiger partial charge in [0.1, 0.15) is 17.1 Å². The van der Waals surface area contributed by atoms with E-state index < -0.39 is 17.6 Å². The molecule has 1 fully saturated rings. The number of aryl methyl sites for hydroxylation is 1. The summed E-state index contributed by atoms with van der Waals surface area (Å²) in [5, 5.41) is 2.85. The standard InChI is InChI=1S/C30H31F3N4O2/c1-3-26-27(37-16-4-5-25(28(37)35-26)30(31,32)33)29(38)34-19-20-6-10-23(11-7-20)36-17-14-22(15-18-36)21-8-12-24(39-2)13-9-21/h4-13,16,22H,3,14-15,17-19H2,1-2H3,(H,34,38). The van der Waals surface area contributed by atoms with Gasteiger partial charge in [-0.3, -0.25) is 9.20 Å². The third-order valence-corrected chi connectivity index (χ3v) is 7.41. The molecule has 1 N–H and O–H groups in total. The Kier molecular flexibility index (Phi) is 7.50. The van der Waals surface area contributed by atoms with Crippen LogP contribution >= 0.6 is 0 Å². The quantitative estimate of drug-likeness (QED) is 0.304. The Hall–Kier alpha value is -4.01. The van der Waals surface area contributed by atoms with Gasteiger partial charge < -0.3 is 15.0 Å². The number of fused-ring (bicyclic) bond motifs is 1. The molecule has 0 saturated carbocycles. The summed E-state index contributed by atoms with van der Waals surface area (Å²) >= 11 is 0. The first-order valence-electron chi connectivity index (χ1n) is 13.1. The summed E-state index contributed by atoms with van der Waals surface area (Å²) < 4.78 is 46.9. The van der Waals surface area contributed by atoms with Gasteiger partial charge in [-0.2, -0.15) is 13.2 Å². The number of piperidine rings is 1. The van der Waals surface area contributed by atoms with Crippen LogP contribution in [-0.2, 0) is 19.1 Å². The Morgan fingerprint density at radius 1 is 1.05 bits per heavy atom. The molecule has 0 atom stereocenters. The van der Waals surface area contributed by atoms with Crippen LogP contribution in [0, 0.1) is 0 Å². The lowest BCUT2D eigenvalue weighted by Gasteiger charge is -2.34. The van der Waals surface area contributed by atoms with Gasteiger partial charge in [-0.05, 0) is 72.7 Å². The highest BCUT2D eigenvalue weighted by Crippen LogP contribution is 2.33. The summed E-state index contributed by atoms with van der Waals surface area (Å²) in [7, 11) is 1.67. The number of rotatable bonds is 7. The minimum absolute atomic E-state index is 0.134. The van der Waals surface area contributed by atoms with Gasteiger partial charge in [-0.1, -0.05) is 31.2 Å². The van der Waals surface area contributed by atoms with Crippen molar-refractivity contribution in [3.05, 3.63) is 94.9 Å². The van der Waals surface area contributed by atoms with Gasteiger partial charge in [0.25, 0.3) is 5.91 Å². The summed E-state index contributed by atoms with van der Waals surface area (Å²) in [4.78, 5) is 19.6. The number of hydrogen-bond donors (Lipinski definition) is 1. The van der Waals surface area contributed by atoms with Crippen LogP contribution in [0.15, 0.2) is 66.9 Å². The maximum absolute atomic E-state index is 13.5. The van der Waals surface area contributed by atoms with Crippen LogP contribution < -0.4 is 15.0 Å². The molecule has 0 spiro atoms. The summed E-state index contributed by atoms with van der Waals surface area (Å²) in [6, 6.07) is 18.6. The van der Waals surface area contributed by atoms with Crippen molar-refractivity contribution in [3.8, 4) is 5.75 Å². The van der Waals surface area contributed by atoms with Crippen molar-refractivity contribution >= 4 is 17.2 Å². The van der Waals surface area contributed by atoms with E-state index in [1.807, 2.05) is 24.3 Å². The van der Waals surface area contributed by atoms with Crippen LogP contribution in [0.2, 0.25) is 0 Å². The van der Waals surface area contributed by atoms with Crippen molar-refractivity contribution in [3.63, 3.8) is 0 Å². The highest BCUT2D eigenvalue weighted by molar-refractivity contribution is 5.95. The molecule has 1 aliphatic rings. The van der Waals surface area contributed by atoms with Crippen LogP contribution in [0.5, 0.6) is 5.75 Å². The second-order valence-electron chi connectivity index (χ2n) is 9.76. The first-order chi connectivity index (χ1) is 18.8. The third kappa shape index (κ3) is 5.57. The lowest BCUT2D eigenvalue weighted by molar-refractivity contribution is -0.136. The van der Waals surface area contributed by atoms with Crippen molar-refractivity contribution in [1.29, 1.82) is 0 Å². The lowest BCUT2D eigenvalue weighted by Crippen LogP contribution is -2.32. The van der Waals surface area contributed by atoms with E-state index in [4.69, 9.17) is 4.74 Å². The number of ether oxygens (including phenoxy) is 1. The fourth-order valence-corrected chi connectivity index (χ4v) is 5.26. The van der Waals surface area contributed by atoms with Gasteiger partial charge in [-0.25, -0.2) is 4.98 Å². The molecule has 1 saturated heterocycles. The highest BCUT2D eigenvalue weighted by Gasteiger charge is 2.35. The maximum Gasteiger partial charge on any atom is 0.419 e. The van der Waals surface area contributed by atoms with E-state index in [0.717, 1.165) is 49.0 Å². The maximum atomic E-state index is 13.5. The van der Waals surface area contributed by atoms with Crippen LogP contribution in [0.4, 0.5) is 18.9 Å². The van der Waals surface area contributed by atoms with E-state index in [9.17, 15) is 18.0 Å². The number of carbonyl (C=O) groups excluding carboxylic acids is 1. The molecule has 9 heteroatoms. The van der Waals surface area contributed by atoms with E-state index in [1.54, 1.807) is 14.0 Å². The number of nitrogens with zero attached hydrogens (tertiary/aromatic N) is 3. The number of halogens is 3. The number of amides is 1. The average Bonchev–Trinajstić information content (AvgIpc) is 3.35. The number of hydrogen-bond acceptors (Lipinski definition) is 4. The zero-order valence-electron chi connectivity index (χ0n) is 22.0. The number of nitrogens with one attached hydrogen (secondary N) is 1. The summed E-state index contributed by atoms with van der Waals surface area (Å²) in [6.45, 7) is 3.94. The van der Waals surface area contributed by atoms with E-state index >= 15 is 0 Å². The molecule has 0 bridgehead atoms. The molecule has 6 nitrogen and oxygen atoms in total. The Bertz CT molecular complexity index is 1440. The van der Waals surface area contributed by atoms with Crippen LogP contribution in [0.1, 0.15) is 58.6 Å². The zero-order valence-corrected chi connectivity index (χ0v) is 22.0. The van der Waals surface area contributed by atoms with Gasteiger partial charge in [-0.15, -0.1) is 0 Å². The van der Waals surface area contributed by atoms with E-state index in [0.29, 0.717) is 18.0 Å². The number of benzene rings is 2. The average molecular weight is 537 g/mol. The van der Waals surface area contributed by atoms with Crippen molar-refractivity contribution in [2.24, 2.45) is 0 Å². The smallest absolute Gasteiger partial charge is 0.419 e. The molecule has 1 aliphatic heterocycles. The predicted octanol–water partition coefficient (Wildman–Crippen LogP) is 6.24. The van der Waals surface area contributed by atoms with E-state index in [2.05, 4.69) is 39.5 Å². The second-order valence-corrected chi connectivity index (χ2v) is 9.76. The largest absolute Gasteiger partial charge is 0.497 e. The number of methoxy groups -OCH3 is 1. The number of anilines is 1. The monoisotopic (exact) mass is 536 g/mol. The highest BCUT2D eigenvalue weighted by atomic mass is 19.4. The lowest BCUT2D eigenvalue weighted by atomic mass is 9.89. The number of aromatic nitrogens is 2. The van der Waals surface area contributed by atoms with Crippen molar-refractivity contribution in [2.45, 2.75) is 44.8 Å². The first kappa shape index (κ1) is 26.6. The predicted molar refractivity (Wildman–Crippen MR) is 144 cm³/mol. The molecule has 3 heterocycles. The summed E-state index contributed by atoms with van der Waals surface area (Å²) in [5.41, 5.74) is 2.73. The number of alkyl halides is 3. The zero-order chi connectivity index (χ0) is 27.6. The summed E-state index contributed by atoms with van der Waals surface area (Å²) in [6.07, 6.45) is -0.637. The molecule has 1 amide bonds. The Labute approximate surface area is 225 Å². The van der Waals surface area contributed by atoms with E-state index in [-0.39, 0.29) is 17.9 Å². The fraction of sp³-hybridized carbons (Fsp3) is 0.333. The molecule has 2 aromatic heterocycles. The molecule has 0 unspecified atom stereocenters. The van der Waals surface area contributed by atoms with Crippen molar-refractivity contribution in [1.82, 2.24) is 14.7 Å². The first-order valence-corrected chi connectivity index (χ1v) is 13.1. The van der Waals surface area contributed by atoms with Gasteiger partial charge in [0.05, 0.1) is 18.4 Å². The number of carbonyl (C=O) groups is 1. The topological polar surface area (TPSA) is 58.9 Å². The van der Waals surface area contributed by atoms with Gasteiger partial charge >= 0.3 is 6.18 Å². The number of imidazole rings is 1. The normalized spacial score (nSPS) is 14.5. The molecule has 39 heavy (non-hydrogen) atoms. The van der Waals surface area contributed by atoms with Crippen LogP contribution in [0.3, 0.4) is 0 Å².